The van der Waals surface area contributed by atoms with Crippen molar-refractivity contribution in [3.63, 3.8) is 0 Å². The zero-order valence-corrected chi connectivity index (χ0v) is 22.6. The number of aliphatic hydroxyl groups excluding tert-OH is 1. The maximum Gasteiger partial charge on any atom is 0.0923 e. The molecule has 4 rings (SSSR count). The monoisotopic (exact) mass is 527 g/mol. The standard InChI is InChI=1S/C30H32Cl3NO/c1-3-5-13-34(14-6-4-2)19-29(35)28-18-23(33)17-27-25(15-20-7-9-21(31)10-8-20)26-16-22(32)11-12-24(26)30(27)28/h7-12,15-18,29,35H,3-6,13-14,19H2,1-2H3/b25-15+/t29-/m0/s1. The van der Waals surface area contributed by atoms with E-state index in [1.807, 2.05) is 48.5 Å². The summed E-state index contributed by atoms with van der Waals surface area (Å²) in [7, 11) is 0. The zero-order chi connectivity index (χ0) is 24.9. The fourth-order valence-corrected chi connectivity index (χ4v) is 5.31. The summed E-state index contributed by atoms with van der Waals surface area (Å²) in [4.78, 5) is 2.38. The molecule has 3 aromatic carbocycles. The third kappa shape index (κ3) is 6.13. The molecule has 0 saturated carbocycles. The van der Waals surface area contributed by atoms with Gasteiger partial charge in [-0.3, -0.25) is 0 Å². The summed E-state index contributed by atoms with van der Waals surface area (Å²) < 4.78 is 0. The van der Waals surface area contributed by atoms with Gasteiger partial charge >= 0.3 is 0 Å². The molecule has 0 heterocycles. The van der Waals surface area contributed by atoms with Gasteiger partial charge in [0.15, 0.2) is 0 Å². The normalized spacial score (nSPS) is 14.4. The largest absolute Gasteiger partial charge is 0.387 e. The number of unbranched alkanes of at least 4 members (excludes halogenated alkanes) is 2. The van der Waals surface area contributed by atoms with Gasteiger partial charge in [-0.05, 0) is 107 Å². The van der Waals surface area contributed by atoms with Crippen molar-refractivity contribution in [2.45, 2.75) is 45.6 Å². The Morgan fingerprint density at radius 2 is 1.40 bits per heavy atom. The smallest absolute Gasteiger partial charge is 0.0923 e. The van der Waals surface area contributed by atoms with Crippen LogP contribution in [0.3, 0.4) is 0 Å². The average molecular weight is 529 g/mol. The van der Waals surface area contributed by atoms with Crippen molar-refractivity contribution >= 4 is 46.5 Å². The van der Waals surface area contributed by atoms with Crippen molar-refractivity contribution in [1.82, 2.24) is 4.90 Å². The van der Waals surface area contributed by atoms with Gasteiger partial charge in [0.2, 0.25) is 0 Å². The van der Waals surface area contributed by atoms with E-state index in [0.29, 0.717) is 21.6 Å². The molecule has 0 spiro atoms. The van der Waals surface area contributed by atoms with Gasteiger partial charge in [-0.25, -0.2) is 0 Å². The highest BCUT2D eigenvalue weighted by atomic mass is 35.5. The van der Waals surface area contributed by atoms with Crippen molar-refractivity contribution in [3.05, 3.63) is 91.9 Å². The Morgan fingerprint density at radius 3 is 2.06 bits per heavy atom. The summed E-state index contributed by atoms with van der Waals surface area (Å²) in [6.07, 6.45) is 6.02. The first-order valence-corrected chi connectivity index (χ1v) is 13.6. The van der Waals surface area contributed by atoms with E-state index in [0.717, 1.165) is 77.7 Å². The van der Waals surface area contributed by atoms with Gasteiger partial charge in [0.1, 0.15) is 0 Å². The van der Waals surface area contributed by atoms with Crippen molar-refractivity contribution in [2.24, 2.45) is 0 Å². The summed E-state index contributed by atoms with van der Waals surface area (Å²) in [5, 5.41) is 13.5. The summed E-state index contributed by atoms with van der Waals surface area (Å²) in [5.74, 6) is 0. The van der Waals surface area contributed by atoms with Crippen LogP contribution in [0.4, 0.5) is 0 Å². The van der Waals surface area contributed by atoms with Gasteiger partial charge in [0, 0.05) is 21.6 Å². The minimum atomic E-state index is -0.644. The van der Waals surface area contributed by atoms with Crippen LogP contribution < -0.4 is 0 Å². The highest BCUT2D eigenvalue weighted by molar-refractivity contribution is 6.32. The van der Waals surface area contributed by atoms with E-state index in [4.69, 9.17) is 34.8 Å². The van der Waals surface area contributed by atoms with Crippen LogP contribution in [0, 0.1) is 0 Å². The van der Waals surface area contributed by atoms with E-state index in [2.05, 4.69) is 30.9 Å². The first kappa shape index (κ1) is 26.3. The Kier molecular flexibility index (Phi) is 8.97. The quantitative estimate of drug-likeness (QED) is 0.222. The molecule has 35 heavy (non-hydrogen) atoms. The number of hydrogen-bond donors (Lipinski definition) is 1. The minimum absolute atomic E-state index is 0.589. The van der Waals surface area contributed by atoms with E-state index in [1.165, 1.54) is 0 Å². The summed E-state index contributed by atoms with van der Waals surface area (Å²) in [5.41, 5.74) is 7.14. The molecule has 1 atom stereocenters. The van der Waals surface area contributed by atoms with Gasteiger partial charge in [-0.15, -0.1) is 0 Å². The zero-order valence-electron chi connectivity index (χ0n) is 20.3. The van der Waals surface area contributed by atoms with Crippen molar-refractivity contribution in [2.75, 3.05) is 19.6 Å². The molecule has 0 aliphatic heterocycles. The van der Waals surface area contributed by atoms with Crippen LogP contribution in [0.2, 0.25) is 15.1 Å². The number of nitrogens with zero attached hydrogens (tertiary/aromatic N) is 1. The van der Waals surface area contributed by atoms with Gasteiger partial charge in [-0.2, -0.15) is 0 Å². The number of hydrogen-bond acceptors (Lipinski definition) is 2. The van der Waals surface area contributed by atoms with E-state index in [9.17, 15) is 5.11 Å². The fraction of sp³-hybridized carbons (Fsp3) is 0.333. The predicted molar refractivity (Wildman–Crippen MR) is 152 cm³/mol. The molecule has 184 valence electrons. The maximum absolute atomic E-state index is 11.5. The highest BCUT2D eigenvalue weighted by Gasteiger charge is 2.29. The molecule has 0 amide bonds. The molecule has 2 nitrogen and oxygen atoms in total. The molecule has 0 aromatic heterocycles. The molecule has 0 bridgehead atoms. The van der Waals surface area contributed by atoms with Crippen LogP contribution in [0.1, 0.15) is 67.9 Å². The van der Waals surface area contributed by atoms with Gasteiger partial charge in [0.25, 0.3) is 0 Å². The maximum atomic E-state index is 11.5. The second kappa shape index (κ2) is 12.0. The van der Waals surface area contributed by atoms with E-state index in [1.54, 1.807) is 0 Å². The molecule has 0 saturated heterocycles. The Bertz CT molecular complexity index is 1190. The Hall–Kier alpha value is -1.81. The lowest BCUT2D eigenvalue weighted by Crippen LogP contribution is -2.31. The SMILES string of the molecule is CCCCN(CCCC)C[C@H](O)c1cc(Cl)cc2c1-c1ccc(Cl)cc1/C2=C\c1ccc(Cl)cc1. The van der Waals surface area contributed by atoms with Crippen molar-refractivity contribution in [3.8, 4) is 11.1 Å². The molecule has 0 radical (unpaired) electrons. The summed E-state index contributed by atoms with van der Waals surface area (Å²) in [6, 6.07) is 17.6. The van der Waals surface area contributed by atoms with Gasteiger partial charge < -0.3 is 10.0 Å². The molecular weight excluding hydrogens is 497 g/mol. The predicted octanol–water partition coefficient (Wildman–Crippen LogP) is 9.15. The van der Waals surface area contributed by atoms with Gasteiger partial charge in [0.05, 0.1) is 6.10 Å². The van der Waals surface area contributed by atoms with Crippen LogP contribution >= 0.6 is 34.8 Å². The van der Waals surface area contributed by atoms with E-state index in [-0.39, 0.29) is 0 Å². The number of aliphatic hydroxyl groups is 1. The van der Waals surface area contributed by atoms with Crippen LogP contribution in [0.15, 0.2) is 54.6 Å². The molecule has 5 heteroatoms. The Labute approximate surface area is 224 Å². The number of rotatable bonds is 10. The third-order valence-electron chi connectivity index (χ3n) is 6.59. The second-order valence-electron chi connectivity index (χ2n) is 9.24. The van der Waals surface area contributed by atoms with E-state index >= 15 is 0 Å². The van der Waals surface area contributed by atoms with Crippen LogP contribution in [0.5, 0.6) is 0 Å². The first-order valence-electron chi connectivity index (χ1n) is 12.4. The molecule has 0 fully saturated rings. The number of benzene rings is 3. The summed E-state index contributed by atoms with van der Waals surface area (Å²) >= 11 is 19.2. The van der Waals surface area contributed by atoms with Gasteiger partial charge in [-0.1, -0.05) is 79.7 Å². The molecule has 0 unspecified atom stereocenters. The Balaban J connectivity index is 1.79. The third-order valence-corrected chi connectivity index (χ3v) is 7.30. The van der Waals surface area contributed by atoms with Crippen LogP contribution in [-0.4, -0.2) is 29.6 Å². The summed E-state index contributed by atoms with van der Waals surface area (Å²) in [6.45, 7) is 6.98. The van der Waals surface area contributed by atoms with E-state index < -0.39 is 6.10 Å². The lowest BCUT2D eigenvalue weighted by atomic mass is 9.94. The van der Waals surface area contributed by atoms with Crippen molar-refractivity contribution < 1.29 is 5.11 Å². The van der Waals surface area contributed by atoms with Crippen LogP contribution in [-0.2, 0) is 0 Å². The Morgan fingerprint density at radius 1 is 0.771 bits per heavy atom. The number of fused-ring (bicyclic) bond motifs is 3. The molecule has 1 aliphatic rings. The molecule has 1 aliphatic carbocycles. The first-order chi connectivity index (χ1) is 16.9. The average Bonchev–Trinajstić information content (AvgIpc) is 3.13. The lowest BCUT2D eigenvalue weighted by Gasteiger charge is -2.26. The lowest BCUT2D eigenvalue weighted by molar-refractivity contribution is 0.111. The number of halogens is 3. The molecule has 1 N–H and O–H groups in total. The second-order valence-corrected chi connectivity index (χ2v) is 10.5. The molecular formula is C30H32Cl3NO. The minimum Gasteiger partial charge on any atom is -0.387 e. The van der Waals surface area contributed by atoms with Crippen LogP contribution in [0.25, 0.3) is 22.8 Å². The fourth-order valence-electron chi connectivity index (χ4n) is 4.79. The molecule has 3 aromatic rings. The van der Waals surface area contributed by atoms with Crippen molar-refractivity contribution in [1.29, 1.82) is 0 Å². The highest BCUT2D eigenvalue weighted by Crippen LogP contribution is 2.50. The topological polar surface area (TPSA) is 23.5 Å².